The van der Waals surface area contributed by atoms with Crippen LogP contribution in [0.15, 0.2) is 27.4 Å². The fraction of sp³-hybridized carbons (Fsp3) is 0.417. The number of rotatable bonds is 16. The minimum Gasteiger partial charge on any atom is -0.353 e. The number of hydrogen-bond donors (Lipinski definition) is 5. The topological polar surface area (TPSA) is 259 Å². The quantitative estimate of drug-likeness (QED) is 0.0408. The summed E-state index contributed by atoms with van der Waals surface area (Å²) in [4.78, 5) is 8.26. The summed E-state index contributed by atoms with van der Waals surface area (Å²) < 4.78 is 74.9. The highest BCUT2D eigenvalue weighted by Crippen LogP contribution is 2.41. The fourth-order valence-electron chi connectivity index (χ4n) is 4.27. The summed E-state index contributed by atoms with van der Waals surface area (Å²) in [6, 6.07) is 3.67. The van der Waals surface area contributed by atoms with Gasteiger partial charge in [0, 0.05) is 24.3 Å². The van der Waals surface area contributed by atoms with Gasteiger partial charge in [-0.3, -0.25) is 9.11 Å². The van der Waals surface area contributed by atoms with E-state index in [0.29, 0.717) is 40.9 Å². The van der Waals surface area contributed by atoms with Crippen molar-refractivity contribution in [1.82, 2.24) is 14.3 Å². The Morgan fingerprint density at radius 2 is 1.91 bits per heavy atom. The molecule has 0 radical (unpaired) electrons. The molecule has 2 heterocycles. The van der Waals surface area contributed by atoms with Crippen molar-refractivity contribution in [2.75, 3.05) is 22.9 Å². The molecular formula is C24H30N8O9S4. The number of benzene rings is 1. The molecule has 0 bridgehead atoms. The predicted octanol–water partition coefficient (Wildman–Crippen LogP) is 5.46. The highest BCUT2D eigenvalue weighted by molar-refractivity contribution is 7.94. The molecule has 244 valence electrons. The monoisotopic (exact) mass is 702 g/mol. The number of aromatic nitrogens is 3. The van der Waals surface area contributed by atoms with Gasteiger partial charge in [0.1, 0.15) is 22.2 Å². The van der Waals surface area contributed by atoms with Gasteiger partial charge in [-0.05, 0) is 54.4 Å². The van der Waals surface area contributed by atoms with E-state index in [1.807, 2.05) is 19.9 Å². The Morgan fingerprint density at radius 3 is 2.49 bits per heavy atom. The van der Waals surface area contributed by atoms with Crippen molar-refractivity contribution in [3.8, 4) is 6.07 Å². The molecule has 1 atom stereocenters. The minimum absolute atomic E-state index is 0.0244. The molecule has 1 aromatic carbocycles. The van der Waals surface area contributed by atoms with Crippen molar-refractivity contribution < 1.29 is 40.6 Å². The van der Waals surface area contributed by atoms with E-state index in [1.54, 1.807) is 19.9 Å². The molecule has 2 aromatic heterocycles. The van der Waals surface area contributed by atoms with Crippen LogP contribution in [-0.2, 0) is 42.4 Å². The summed E-state index contributed by atoms with van der Waals surface area (Å²) in [5.74, 6) is -0.644. The van der Waals surface area contributed by atoms with Gasteiger partial charge in [-0.1, -0.05) is 31.9 Å². The highest BCUT2D eigenvalue weighted by atomic mass is 32.2. The van der Waals surface area contributed by atoms with Crippen molar-refractivity contribution in [2.24, 2.45) is 10.2 Å². The number of hydrogen-bond acceptors (Lipinski definition) is 17. The highest BCUT2D eigenvalue weighted by Gasteiger charge is 2.25. The van der Waals surface area contributed by atoms with Crippen molar-refractivity contribution in [3.05, 3.63) is 40.2 Å². The second-order valence-corrected chi connectivity index (χ2v) is 13.8. The van der Waals surface area contributed by atoms with Gasteiger partial charge in [0.15, 0.2) is 10.8 Å². The van der Waals surface area contributed by atoms with Gasteiger partial charge in [-0.25, -0.2) is 10.2 Å². The van der Waals surface area contributed by atoms with Crippen LogP contribution < -0.4 is 10.6 Å². The number of anilines is 3. The minimum atomic E-state index is -4.60. The third-order valence-corrected chi connectivity index (χ3v) is 9.70. The van der Waals surface area contributed by atoms with Crippen LogP contribution in [0.4, 0.5) is 28.1 Å². The Balaban J connectivity index is 2.14. The number of nitriles is 1. The number of nitrogens with one attached hydrogen (secondary N) is 2. The molecule has 0 aliphatic rings. The van der Waals surface area contributed by atoms with Crippen LogP contribution >= 0.6 is 23.6 Å². The van der Waals surface area contributed by atoms with Crippen LogP contribution in [0.5, 0.6) is 0 Å². The first-order valence-electron chi connectivity index (χ1n) is 13.2. The summed E-state index contributed by atoms with van der Waals surface area (Å²) in [7, 11) is -8.87. The fourth-order valence-corrected chi connectivity index (χ4v) is 6.97. The first-order chi connectivity index (χ1) is 21.3. The number of aryl methyl sites for hydroxylation is 2. The SMILES string of the molecule is CCc1cc(C)c(S(=O)(=O)O)c(CC)c1Nc1nc(NCCS(=O)(=O)O)ncc1N=Nc1snc(C(CC)SOOO)c1C#N. The summed E-state index contributed by atoms with van der Waals surface area (Å²) in [6.07, 6.45) is 2.41. The number of azo groups is 1. The van der Waals surface area contributed by atoms with Crippen molar-refractivity contribution in [1.29, 1.82) is 5.26 Å². The lowest BCUT2D eigenvalue weighted by molar-refractivity contribution is -0.432. The molecule has 3 aromatic rings. The lowest BCUT2D eigenvalue weighted by Crippen LogP contribution is -2.16. The molecule has 21 heteroatoms. The zero-order valence-corrected chi connectivity index (χ0v) is 27.6. The summed E-state index contributed by atoms with van der Waals surface area (Å²) in [5.41, 5.74) is 2.21. The second-order valence-electron chi connectivity index (χ2n) is 9.18. The standard InChI is InChI=1S/C24H30N8O9S4/c1-5-14-10-13(4)21(45(37,38)39)15(6-2)19(14)28-22-17(12-27-24(29-22)26-8-9-44(34,35)36)30-31-23-16(11-25)20(32-42-23)18(7-3)43-41-40-33/h10,12,18,33H,5-9H2,1-4H3,(H,34,35,36)(H,37,38,39)(H2,26,27,28,29). The zero-order chi connectivity index (χ0) is 33.4. The van der Waals surface area contributed by atoms with E-state index in [0.717, 1.165) is 23.6 Å². The van der Waals surface area contributed by atoms with Crippen LogP contribution in [0.1, 0.15) is 60.4 Å². The maximum Gasteiger partial charge on any atom is 0.295 e. The van der Waals surface area contributed by atoms with Gasteiger partial charge in [0.05, 0.1) is 22.9 Å². The molecule has 0 fully saturated rings. The average Bonchev–Trinajstić information content (AvgIpc) is 3.38. The van der Waals surface area contributed by atoms with E-state index in [4.69, 9.17) is 9.81 Å². The molecule has 0 aliphatic carbocycles. The Morgan fingerprint density at radius 1 is 1.18 bits per heavy atom. The maximum absolute atomic E-state index is 12.3. The van der Waals surface area contributed by atoms with E-state index in [2.05, 4.69) is 44.6 Å². The van der Waals surface area contributed by atoms with Gasteiger partial charge in [0.25, 0.3) is 20.2 Å². The van der Waals surface area contributed by atoms with Gasteiger partial charge in [0.2, 0.25) is 5.95 Å². The first kappa shape index (κ1) is 36.1. The van der Waals surface area contributed by atoms with E-state index < -0.39 is 31.2 Å². The molecule has 0 saturated carbocycles. The van der Waals surface area contributed by atoms with E-state index >= 15 is 0 Å². The van der Waals surface area contributed by atoms with E-state index in [1.165, 1.54) is 6.20 Å². The molecule has 17 nitrogen and oxygen atoms in total. The van der Waals surface area contributed by atoms with Crippen LogP contribution in [0.3, 0.4) is 0 Å². The lowest BCUT2D eigenvalue weighted by atomic mass is 9.99. The van der Waals surface area contributed by atoms with Gasteiger partial charge in [-0.2, -0.15) is 31.5 Å². The van der Waals surface area contributed by atoms with Crippen LogP contribution in [0, 0.1) is 18.3 Å². The third kappa shape index (κ3) is 9.35. The zero-order valence-electron chi connectivity index (χ0n) is 24.4. The molecule has 3 rings (SSSR count). The molecule has 0 amide bonds. The van der Waals surface area contributed by atoms with Crippen molar-refractivity contribution in [2.45, 2.75) is 57.1 Å². The number of nitrogens with zero attached hydrogens (tertiary/aromatic N) is 6. The first-order valence-corrected chi connectivity index (χ1v) is 17.8. The normalized spacial score (nSPS) is 12.8. The van der Waals surface area contributed by atoms with Crippen molar-refractivity contribution >= 4 is 72.0 Å². The third-order valence-electron chi connectivity index (χ3n) is 6.22. The Labute approximate surface area is 267 Å². The largest absolute Gasteiger partial charge is 0.353 e. The van der Waals surface area contributed by atoms with E-state index in [9.17, 15) is 26.7 Å². The smallest absolute Gasteiger partial charge is 0.295 e. The predicted molar refractivity (Wildman–Crippen MR) is 166 cm³/mol. The van der Waals surface area contributed by atoms with E-state index in [-0.39, 0.29) is 45.9 Å². The van der Waals surface area contributed by atoms with Crippen LogP contribution in [-0.4, -0.2) is 57.8 Å². The Bertz CT molecular complexity index is 1810. The Kier molecular flexibility index (Phi) is 12.7. The van der Waals surface area contributed by atoms with Gasteiger partial charge < -0.3 is 10.6 Å². The lowest BCUT2D eigenvalue weighted by Gasteiger charge is -2.20. The Hall–Kier alpha value is -3.33. The second kappa shape index (κ2) is 15.8. The molecule has 5 N–H and O–H groups in total. The average molecular weight is 703 g/mol. The van der Waals surface area contributed by atoms with Gasteiger partial charge in [-0.15, -0.1) is 14.6 Å². The van der Waals surface area contributed by atoms with Gasteiger partial charge >= 0.3 is 0 Å². The maximum atomic E-state index is 12.3. The van der Waals surface area contributed by atoms with Crippen LogP contribution in [0.25, 0.3) is 0 Å². The summed E-state index contributed by atoms with van der Waals surface area (Å²) in [5, 5.41) is 35.8. The molecule has 45 heavy (non-hydrogen) atoms. The molecule has 1 unspecified atom stereocenters. The molecule has 0 spiro atoms. The molecular weight excluding hydrogens is 673 g/mol. The van der Waals surface area contributed by atoms with Crippen molar-refractivity contribution in [3.63, 3.8) is 0 Å². The summed E-state index contributed by atoms with van der Waals surface area (Å²) in [6.45, 7) is 6.75. The summed E-state index contributed by atoms with van der Waals surface area (Å²) >= 11 is 1.64. The van der Waals surface area contributed by atoms with Crippen LogP contribution in [0.2, 0.25) is 0 Å². The molecule has 0 saturated heterocycles. The molecule has 0 aliphatic heterocycles.